The molecule has 0 bridgehead atoms. The second-order valence-electron chi connectivity index (χ2n) is 7.02. The van der Waals surface area contributed by atoms with Crippen LogP contribution in [0.1, 0.15) is 56.7 Å². The number of carbonyl (C=O) groups excluding carboxylic acids is 1. The molecule has 1 saturated carbocycles. The summed E-state index contributed by atoms with van der Waals surface area (Å²) in [4.78, 5) is 16.4. The summed E-state index contributed by atoms with van der Waals surface area (Å²) in [5.74, 6) is 1.76. The number of pyridine rings is 1. The molecule has 0 spiro atoms. The van der Waals surface area contributed by atoms with Gasteiger partial charge in [-0.15, -0.1) is 0 Å². The standard InChI is InChI=1S/C18H25N3O2/c1-11(2)5-8-14(22)10-23-15-9-12(3)16-17(13-6-7-13)20-21(4)18(16)19-15/h9,11,13H,5-8,10H2,1-4H3. The van der Waals surface area contributed by atoms with Gasteiger partial charge in [0.2, 0.25) is 5.88 Å². The number of hydrogen-bond donors (Lipinski definition) is 0. The first kappa shape index (κ1) is 16.0. The SMILES string of the molecule is Cc1cc(OCC(=O)CCC(C)C)nc2c1c(C1CC1)nn2C. The summed E-state index contributed by atoms with van der Waals surface area (Å²) >= 11 is 0. The molecule has 2 heterocycles. The Hall–Kier alpha value is -1.91. The molecule has 0 amide bonds. The molecule has 2 aromatic rings. The molecule has 23 heavy (non-hydrogen) atoms. The third-order valence-corrected chi connectivity index (χ3v) is 4.34. The molecule has 0 radical (unpaired) electrons. The van der Waals surface area contributed by atoms with Gasteiger partial charge in [-0.05, 0) is 37.7 Å². The lowest BCUT2D eigenvalue weighted by Gasteiger charge is -2.08. The van der Waals surface area contributed by atoms with Crippen LogP contribution >= 0.6 is 0 Å². The first-order chi connectivity index (χ1) is 11.0. The largest absolute Gasteiger partial charge is 0.470 e. The van der Waals surface area contributed by atoms with Crippen LogP contribution in [0.15, 0.2) is 6.07 Å². The topological polar surface area (TPSA) is 57.0 Å². The lowest BCUT2D eigenvalue weighted by molar-refractivity contribution is -0.121. The number of Topliss-reactive ketones (excluding diaryl/α,β-unsaturated/α-hetero) is 1. The normalized spacial score (nSPS) is 14.7. The summed E-state index contributed by atoms with van der Waals surface area (Å²) < 4.78 is 7.45. The Morgan fingerprint density at radius 2 is 2.17 bits per heavy atom. The fourth-order valence-corrected chi connectivity index (χ4v) is 2.83. The molecule has 0 N–H and O–H groups in total. The van der Waals surface area contributed by atoms with E-state index in [2.05, 4.69) is 30.9 Å². The van der Waals surface area contributed by atoms with Crippen LogP contribution in [0.3, 0.4) is 0 Å². The number of nitrogens with zero attached hydrogens (tertiary/aromatic N) is 3. The van der Waals surface area contributed by atoms with Crippen molar-refractivity contribution in [1.29, 1.82) is 0 Å². The minimum Gasteiger partial charge on any atom is -0.470 e. The molecule has 0 unspecified atom stereocenters. The van der Waals surface area contributed by atoms with Crippen molar-refractivity contribution in [2.45, 2.75) is 52.4 Å². The molecule has 5 heteroatoms. The molecule has 1 aliphatic rings. The molecule has 0 atom stereocenters. The summed E-state index contributed by atoms with van der Waals surface area (Å²) in [6.45, 7) is 6.39. The van der Waals surface area contributed by atoms with Crippen LogP contribution in [0, 0.1) is 12.8 Å². The summed E-state index contributed by atoms with van der Waals surface area (Å²) in [6.07, 6.45) is 3.90. The highest BCUT2D eigenvalue weighted by molar-refractivity contribution is 5.84. The Balaban J connectivity index is 1.75. The van der Waals surface area contributed by atoms with Gasteiger partial charge in [-0.3, -0.25) is 9.48 Å². The van der Waals surface area contributed by atoms with Crippen molar-refractivity contribution in [2.75, 3.05) is 6.61 Å². The maximum absolute atomic E-state index is 11.9. The average Bonchev–Trinajstić information content (AvgIpc) is 3.28. The van der Waals surface area contributed by atoms with E-state index in [1.165, 1.54) is 12.8 Å². The number of fused-ring (bicyclic) bond motifs is 1. The average molecular weight is 315 g/mol. The van der Waals surface area contributed by atoms with Crippen molar-refractivity contribution in [2.24, 2.45) is 13.0 Å². The summed E-state index contributed by atoms with van der Waals surface area (Å²) in [6, 6.07) is 1.92. The lowest BCUT2D eigenvalue weighted by atomic mass is 10.1. The van der Waals surface area contributed by atoms with E-state index in [1.807, 2.05) is 17.8 Å². The Kier molecular flexibility index (Phi) is 4.37. The minimum atomic E-state index is 0.0952. The van der Waals surface area contributed by atoms with E-state index in [-0.39, 0.29) is 12.4 Å². The smallest absolute Gasteiger partial charge is 0.215 e. The number of ether oxygens (including phenoxy) is 1. The number of ketones is 1. The molecule has 0 saturated heterocycles. The quantitative estimate of drug-likeness (QED) is 0.784. The van der Waals surface area contributed by atoms with E-state index in [0.29, 0.717) is 24.1 Å². The zero-order valence-corrected chi connectivity index (χ0v) is 14.4. The number of rotatable bonds is 7. The van der Waals surface area contributed by atoms with Crippen LogP contribution in [0.4, 0.5) is 0 Å². The van der Waals surface area contributed by atoms with E-state index in [4.69, 9.17) is 4.74 Å². The van der Waals surface area contributed by atoms with Crippen molar-refractivity contribution in [3.05, 3.63) is 17.3 Å². The number of aromatic nitrogens is 3. The van der Waals surface area contributed by atoms with E-state index in [1.54, 1.807) is 0 Å². The third-order valence-electron chi connectivity index (χ3n) is 4.34. The van der Waals surface area contributed by atoms with Crippen LogP contribution in [-0.2, 0) is 11.8 Å². The second kappa shape index (κ2) is 6.30. The Morgan fingerprint density at radius 3 is 2.83 bits per heavy atom. The highest BCUT2D eigenvalue weighted by atomic mass is 16.5. The van der Waals surface area contributed by atoms with Crippen molar-refractivity contribution in [3.63, 3.8) is 0 Å². The summed E-state index contributed by atoms with van der Waals surface area (Å²) in [5.41, 5.74) is 3.12. The number of hydrogen-bond acceptors (Lipinski definition) is 4. The maximum atomic E-state index is 11.9. The van der Waals surface area contributed by atoms with Crippen molar-refractivity contribution < 1.29 is 9.53 Å². The van der Waals surface area contributed by atoms with Crippen LogP contribution in [0.5, 0.6) is 5.88 Å². The minimum absolute atomic E-state index is 0.0952. The van der Waals surface area contributed by atoms with E-state index < -0.39 is 0 Å². The second-order valence-corrected chi connectivity index (χ2v) is 7.02. The van der Waals surface area contributed by atoms with Gasteiger partial charge in [-0.1, -0.05) is 13.8 Å². The molecule has 1 aliphatic carbocycles. The van der Waals surface area contributed by atoms with Gasteiger partial charge in [0, 0.05) is 30.8 Å². The van der Waals surface area contributed by atoms with Gasteiger partial charge in [-0.2, -0.15) is 10.1 Å². The highest BCUT2D eigenvalue weighted by Crippen LogP contribution is 2.43. The van der Waals surface area contributed by atoms with Crippen LogP contribution in [-0.4, -0.2) is 27.2 Å². The predicted octanol–water partition coefficient (Wildman–Crippen LogP) is 3.54. The van der Waals surface area contributed by atoms with Gasteiger partial charge < -0.3 is 4.74 Å². The van der Waals surface area contributed by atoms with E-state index >= 15 is 0 Å². The fourth-order valence-electron chi connectivity index (χ4n) is 2.83. The zero-order chi connectivity index (χ0) is 16.6. The van der Waals surface area contributed by atoms with Gasteiger partial charge in [0.15, 0.2) is 11.4 Å². The van der Waals surface area contributed by atoms with Crippen molar-refractivity contribution >= 4 is 16.8 Å². The van der Waals surface area contributed by atoms with Gasteiger partial charge in [-0.25, -0.2) is 0 Å². The van der Waals surface area contributed by atoms with Gasteiger partial charge >= 0.3 is 0 Å². The Labute approximate surface area is 137 Å². The molecule has 0 aromatic carbocycles. The predicted molar refractivity (Wildman–Crippen MR) is 89.8 cm³/mol. The van der Waals surface area contributed by atoms with Gasteiger partial charge in [0.05, 0.1) is 5.69 Å². The first-order valence-corrected chi connectivity index (χ1v) is 8.44. The molecular weight excluding hydrogens is 290 g/mol. The van der Waals surface area contributed by atoms with Gasteiger partial charge in [0.25, 0.3) is 0 Å². The Morgan fingerprint density at radius 1 is 1.43 bits per heavy atom. The first-order valence-electron chi connectivity index (χ1n) is 8.44. The maximum Gasteiger partial charge on any atom is 0.215 e. The Bertz CT molecular complexity index is 729. The van der Waals surface area contributed by atoms with Gasteiger partial charge in [0.1, 0.15) is 6.61 Å². The summed E-state index contributed by atoms with van der Waals surface area (Å²) in [5, 5.41) is 5.78. The zero-order valence-electron chi connectivity index (χ0n) is 14.4. The molecule has 1 fully saturated rings. The third kappa shape index (κ3) is 3.54. The number of aryl methyl sites for hydroxylation is 2. The van der Waals surface area contributed by atoms with E-state index in [0.717, 1.165) is 28.7 Å². The monoisotopic (exact) mass is 315 g/mol. The molecule has 124 valence electrons. The molecule has 5 nitrogen and oxygen atoms in total. The van der Waals surface area contributed by atoms with Crippen molar-refractivity contribution in [1.82, 2.24) is 14.8 Å². The lowest BCUT2D eigenvalue weighted by Crippen LogP contribution is -2.12. The fraction of sp³-hybridized carbons (Fsp3) is 0.611. The van der Waals surface area contributed by atoms with Crippen molar-refractivity contribution in [3.8, 4) is 5.88 Å². The van der Waals surface area contributed by atoms with E-state index in [9.17, 15) is 4.79 Å². The summed E-state index contributed by atoms with van der Waals surface area (Å²) in [7, 11) is 1.91. The molecular formula is C18H25N3O2. The highest BCUT2D eigenvalue weighted by Gasteiger charge is 2.30. The molecule has 0 aliphatic heterocycles. The molecule has 3 rings (SSSR count). The van der Waals surface area contributed by atoms with Crippen LogP contribution < -0.4 is 4.74 Å². The number of carbonyl (C=O) groups is 1. The van der Waals surface area contributed by atoms with Crippen LogP contribution in [0.25, 0.3) is 11.0 Å². The molecule has 2 aromatic heterocycles. The van der Waals surface area contributed by atoms with Crippen LogP contribution in [0.2, 0.25) is 0 Å².